The summed E-state index contributed by atoms with van der Waals surface area (Å²) in [6.07, 6.45) is 0.755. The van der Waals surface area contributed by atoms with Gasteiger partial charge in [0.1, 0.15) is 5.82 Å². The van der Waals surface area contributed by atoms with Crippen LogP contribution in [0.1, 0.15) is 30.9 Å². The summed E-state index contributed by atoms with van der Waals surface area (Å²) in [4.78, 5) is 0. The van der Waals surface area contributed by atoms with Crippen molar-refractivity contribution < 1.29 is 4.39 Å². The second-order valence-corrected chi connectivity index (χ2v) is 3.54. The first-order valence-corrected chi connectivity index (χ1v) is 4.63. The molecule has 0 atom stereocenters. The maximum absolute atomic E-state index is 12.9. The topological polar surface area (TPSA) is 26.0 Å². The zero-order valence-electron chi connectivity index (χ0n) is 8.18. The van der Waals surface area contributed by atoms with Crippen LogP contribution in [0.3, 0.4) is 0 Å². The molecule has 0 aliphatic rings. The van der Waals surface area contributed by atoms with Crippen LogP contribution in [0.4, 0.5) is 4.39 Å². The molecule has 2 heteroatoms. The van der Waals surface area contributed by atoms with Crippen LogP contribution in [0.5, 0.6) is 0 Å². The van der Waals surface area contributed by atoms with Gasteiger partial charge in [0.15, 0.2) is 0 Å². The Kier molecular flexibility index (Phi) is 3.43. The molecular formula is C11H16FN. The summed E-state index contributed by atoms with van der Waals surface area (Å²) in [5, 5.41) is 0. The second kappa shape index (κ2) is 4.38. The minimum Gasteiger partial charge on any atom is -0.330 e. The molecule has 2 N–H and O–H groups in total. The lowest BCUT2D eigenvalue weighted by Crippen LogP contribution is -2.06. The Morgan fingerprint density at radius 3 is 2.62 bits per heavy atom. The molecular weight excluding hydrogens is 165 g/mol. The monoisotopic (exact) mass is 181 g/mol. The van der Waals surface area contributed by atoms with Crippen molar-refractivity contribution in [3.8, 4) is 0 Å². The predicted molar refractivity (Wildman–Crippen MR) is 53.2 cm³/mol. The van der Waals surface area contributed by atoms with Crippen LogP contribution >= 0.6 is 0 Å². The molecule has 0 aliphatic carbocycles. The fourth-order valence-corrected chi connectivity index (χ4v) is 1.51. The van der Waals surface area contributed by atoms with Gasteiger partial charge in [0.2, 0.25) is 0 Å². The van der Waals surface area contributed by atoms with Crippen molar-refractivity contribution in [3.05, 3.63) is 35.1 Å². The van der Waals surface area contributed by atoms with E-state index in [0.717, 1.165) is 12.0 Å². The maximum Gasteiger partial charge on any atom is 0.123 e. The van der Waals surface area contributed by atoms with Crippen LogP contribution < -0.4 is 5.73 Å². The first-order chi connectivity index (χ1) is 6.15. The SMILES string of the molecule is CC(C)c1ccc(F)cc1CCN. The summed E-state index contributed by atoms with van der Waals surface area (Å²) in [6.45, 7) is 4.78. The van der Waals surface area contributed by atoms with Gasteiger partial charge in [0.05, 0.1) is 0 Å². The molecule has 0 aliphatic heterocycles. The van der Waals surface area contributed by atoms with Crippen molar-refractivity contribution in [2.45, 2.75) is 26.2 Å². The highest BCUT2D eigenvalue weighted by Crippen LogP contribution is 2.20. The Hall–Kier alpha value is -0.890. The van der Waals surface area contributed by atoms with Gasteiger partial charge in [-0.25, -0.2) is 4.39 Å². The zero-order valence-corrected chi connectivity index (χ0v) is 8.18. The Bertz CT molecular complexity index is 281. The fourth-order valence-electron chi connectivity index (χ4n) is 1.51. The Labute approximate surface area is 78.8 Å². The largest absolute Gasteiger partial charge is 0.330 e. The van der Waals surface area contributed by atoms with E-state index in [2.05, 4.69) is 13.8 Å². The lowest BCUT2D eigenvalue weighted by atomic mass is 9.95. The Morgan fingerprint density at radius 1 is 1.38 bits per heavy atom. The van der Waals surface area contributed by atoms with Crippen molar-refractivity contribution in [2.24, 2.45) is 5.73 Å². The number of hydrogen-bond donors (Lipinski definition) is 1. The van der Waals surface area contributed by atoms with E-state index in [9.17, 15) is 4.39 Å². The standard InChI is InChI=1S/C11H16FN/c1-8(2)11-4-3-10(12)7-9(11)5-6-13/h3-4,7-8H,5-6,13H2,1-2H3. The Balaban J connectivity index is 3.03. The molecule has 0 aromatic heterocycles. The molecule has 0 unspecified atom stereocenters. The predicted octanol–water partition coefficient (Wildman–Crippen LogP) is 2.45. The molecule has 0 saturated carbocycles. The molecule has 0 spiro atoms. The van der Waals surface area contributed by atoms with E-state index < -0.39 is 0 Å². The molecule has 0 heterocycles. The van der Waals surface area contributed by atoms with Crippen LogP contribution in [-0.4, -0.2) is 6.54 Å². The maximum atomic E-state index is 12.9. The average molecular weight is 181 g/mol. The lowest BCUT2D eigenvalue weighted by Gasteiger charge is -2.11. The summed E-state index contributed by atoms with van der Waals surface area (Å²) in [7, 11) is 0. The van der Waals surface area contributed by atoms with Crippen molar-refractivity contribution >= 4 is 0 Å². The van der Waals surface area contributed by atoms with Crippen molar-refractivity contribution in [1.82, 2.24) is 0 Å². The summed E-state index contributed by atoms with van der Waals surface area (Å²) in [5.74, 6) is 0.259. The highest BCUT2D eigenvalue weighted by molar-refractivity contribution is 5.30. The molecule has 0 bridgehead atoms. The zero-order chi connectivity index (χ0) is 9.84. The molecule has 0 amide bonds. The smallest absolute Gasteiger partial charge is 0.123 e. The van der Waals surface area contributed by atoms with Crippen molar-refractivity contribution in [3.63, 3.8) is 0 Å². The van der Waals surface area contributed by atoms with Crippen molar-refractivity contribution in [2.75, 3.05) is 6.54 Å². The molecule has 1 aromatic rings. The van der Waals surface area contributed by atoms with Gasteiger partial charge in [-0.15, -0.1) is 0 Å². The van der Waals surface area contributed by atoms with Gasteiger partial charge in [0, 0.05) is 0 Å². The van der Waals surface area contributed by atoms with Crippen LogP contribution in [0, 0.1) is 5.82 Å². The number of rotatable bonds is 3. The van der Waals surface area contributed by atoms with E-state index in [1.807, 2.05) is 6.07 Å². The fraction of sp³-hybridized carbons (Fsp3) is 0.455. The Morgan fingerprint density at radius 2 is 2.08 bits per heavy atom. The van der Waals surface area contributed by atoms with Crippen LogP contribution in [-0.2, 0) is 6.42 Å². The molecule has 72 valence electrons. The first-order valence-electron chi connectivity index (χ1n) is 4.63. The van der Waals surface area contributed by atoms with Gasteiger partial charge in [-0.1, -0.05) is 19.9 Å². The lowest BCUT2D eigenvalue weighted by molar-refractivity contribution is 0.623. The molecule has 1 nitrogen and oxygen atoms in total. The highest BCUT2D eigenvalue weighted by atomic mass is 19.1. The van der Waals surface area contributed by atoms with E-state index in [1.165, 1.54) is 11.6 Å². The third-order valence-electron chi connectivity index (χ3n) is 2.14. The van der Waals surface area contributed by atoms with E-state index in [0.29, 0.717) is 12.5 Å². The van der Waals surface area contributed by atoms with E-state index in [-0.39, 0.29) is 5.82 Å². The molecule has 0 fully saturated rings. The van der Waals surface area contributed by atoms with Gasteiger partial charge in [-0.05, 0) is 42.1 Å². The number of benzene rings is 1. The third-order valence-corrected chi connectivity index (χ3v) is 2.14. The van der Waals surface area contributed by atoms with Crippen LogP contribution in [0.15, 0.2) is 18.2 Å². The molecule has 1 aromatic carbocycles. The normalized spacial score (nSPS) is 10.8. The first kappa shape index (κ1) is 10.2. The summed E-state index contributed by atoms with van der Waals surface area (Å²) < 4.78 is 12.9. The van der Waals surface area contributed by atoms with Gasteiger partial charge in [0.25, 0.3) is 0 Å². The minimum absolute atomic E-state index is 0.173. The van der Waals surface area contributed by atoms with Gasteiger partial charge in [-0.2, -0.15) is 0 Å². The number of nitrogens with two attached hydrogens (primary N) is 1. The number of halogens is 1. The number of hydrogen-bond acceptors (Lipinski definition) is 1. The van der Waals surface area contributed by atoms with Gasteiger partial charge >= 0.3 is 0 Å². The highest BCUT2D eigenvalue weighted by Gasteiger charge is 2.06. The second-order valence-electron chi connectivity index (χ2n) is 3.54. The van der Waals surface area contributed by atoms with E-state index in [4.69, 9.17) is 5.73 Å². The van der Waals surface area contributed by atoms with Gasteiger partial charge < -0.3 is 5.73 Å². The summed E-state index contributed by atoms with van der Waals surface area (Å²) in [6, 6.07) is 4.95. The minimum atomic E-state index is -0.173. The van der Waals surface area contributed by atoms with Gasteiger partial charge in [-0.3, -0.25) is 0 Å². The van der Waals surface area contributed by atoms with Crippen molar-refractivity contribution in [1.29, 1.82) is 0 Å². The average Bonchev–Trinajstić information content (AvgIpc) is 2.04. The van der Waals surface area contributed by atoms with Crippen LogP contribution in [0.25, 0.3) is 0 Å². The quantitative estimate of drug-likeness (QED) is 0.761. The molecule has 0 radical (unpaired) electrons. The molecule has 1 rings (SSSR count). The molecule has 13 heavy (non-hydrogen) atoms. The van der Waals surface area contributed by atoms with Crippen LogP contribution in [0.2, 0.25) is 0 Å². The van der Waals surface area contributed by atoms with E-state index >= 15 is 0 Å². The summed E-state index contributed by atoms with van der Waals surface area (Å²) >= 11 is 0. The third kappa shape index (κ3) is 2.52. The molecule has 0 saturated heterocycles. The van der Waals surface area contributed by atoms with E-state index in [1.54, 1.807) is 6.07 Å². The summed E-state index contributed by atoms with van der Waals surface area (Å²) in [5.41, 5.74) is 7.70.